The van der Waals surface area contributed by atoms with Gasteiger partial charge in [-0.05, 0) is 30.4 Å². The number of amides is 1. The lowest BCUT2D eigenvalue weighted by molar-refractivity contribution is 0.0464. The summed E-state index contributed by atoms with van der Waals surface area (Å²) in [6, 6.07) is 5.09. The number of rotatable bonds is 0. The van der Waals surface area contributed by atoms with Crippen molar-refractivity contribution in [2.24, 2.45) is 0 Å². The van der Waals surface area contributed by atoms with Crippen LogP contribution in [-0.4, -0.2) is 17.0 Å². The van der Waals surface area contributed by atoms with Crippen LogP contribution in [0.25, 0.3) is 0 Å². The zero-order valence-electron chi connectivity index (χ0n) is 8.46. The molecule has 0 saturated heterocycles. The van der Waals surface area contributed by atoms with Crippen molar-refractivity contribution in [2.75, 3.05) is 5.73 Å². The second kappa shape index (κ2) is 3.13. The van der Waals surface area contributed by atoms with Gasteiger partial charge in [-0.25, -0.2) is 0 Å². The van der Waals surface area contributed by atoms with E-state index in [9.17, 15) is 4.79 Å². The van der Waals surface area contributed by atoms with Gasteiger partial charge in [-0.1, -0.05) is 6.08 Å². The number of carbonyl (C=O) groups is 1. The van der Waals surface area contributed by atoms with Crippen molar-refractivity contribution in [3.05, 3.63) is 48.2 Å². The van der Waals surface area contributed by atoms with Crippen LogP contribution in [0.4, 0.5) is 5.69 Å². The maximum Gasteiger partial charge on any atom is 0.264 e. The molecule has 4 nitrogen and oxygen atoms in total. The zero-order valence-corrected chi connectivity index (χ0v) is 8.46. The Morgan fingerprint density at radius 2 is 2.19 bits per heavy atom. The van der Waals surface area contributed by atoms with Gasteiger partial charge in [-0.3, -0.25) is 9.69 Å². The molecule has 1 amide bonds. The van der Waals surface area contributed by atoms with Gasteiger partial charge in [0.1, 0.15) is 5.75 Å². The molecule has 2 heterocycles. The highest BCUT2D eigenvalue weighted by Crippen LogP contribution is 2.31. The SMILES string of the molecule is Nc1ccc2c(c1)C(=O)N1C=CC=CC1O2. The molecule has 80 valence electrons. The molecule has 0 saturated carbocycles. The van der Waals surface area contributed by atoms with Gasteiger partial charge in [0.15, 0.2) is 6.23 Å². The molecule has 2 aliphatic rings. The van der Waals surface area contributed by atoms with Crippen molar-refractivity contribution in [3.63, 3.8) is 0 Å². The molecule has 0 fully saturated rings. The molecule has 0 radical (unpaired) electrons. The fourth-order valence-electron chi connectivity index (χ4n) is 1.85. The van der Waals surface area contributed by atoms with E-state index in [0.29, 0.717) is 17.0 Å². The minimum absolute atomic E-state index is 0.0841. The molecule has 1 aromatic rings. The molecule has 3 rings (SSSR count). The Hall–Kier alpha value is -2.23. The third kappa shape index (κ3) is 1.20. The van der Waals surface area contributed by atoms with Crippen LogP contribution >= 0.6 is 0 Å². The van der Waals surface area contributed by atoms with Crippen molar-refractivity contribution in [2.45, 2.75) is 6.23 Å². The van der Waals surface area contributed by atoms with Crippen molar-refractivity contribution in [1.29, 1.82) is 0 Å². The number of hydrogen-bond acceptors (Lipinski definition) is 3. The molecular weight excluding hydrogens is 204 g/mol. The molecule has 4 heteroatoms. The Balaban J connectivity index is 2.11. The van der Waals surface area contributed by atoms with E-state index in [1.165, 1.54) is 0 Å². The van der Waals surface area contributed by atoms with E-state index in [-0.39, 0.29) is 12.1 Å². The van der Waals surface area contributed by atoms with Crippen LogP contribution in [0.5, 0.6) is 5.75 Å². The molecule has 0 bridgehead atoms. The van der Waals surface area contributed by atoms with Gasteiger partial charge in [0.05, 0.1) is 5.56 Å². The number of nitrogen functional groups attached to an aromatic ring is 1. The van der Waals surface area contributed by atoms with Crippen LogP contribution in [0.2, 0.25) is 0 Å². The van der Waals surface area contributed by atoms with E-state index in [2.05, 4.69) is 0 Å². The van der Waals surface area contributed by atoms with Crippen molar-refractivity contribution < 1.29 is 9.53 Å². The zero-order chi connectivity index (χ0) is 11.1. The maximum absolute atomic E-state index is 12.1. The summed E-state index contributed by atoms with van der Waals surface area (Å²) < 4.78 is 5.67. The Morgan fingerprint density at radius 3 is 3.06 bits per heavy atom. The van der Waals surface area contributed by atoms with E-state index in [0.717, 1.165) is 0 Å². The molecule has 1 atom stereocenters. The first-order chi connectivity index (χ1) is 7.75. The molecule has 16 heavy (non-hydrogen) atoms. The van der Waals surface area contributed by atoms with Crippen LogP contribution in [0.15, 0.2) is 42.6 Å². The summed E-state index contributed by atoms with van der Waals surface area (Å²) in [6.45, 7) is 0. The van der Waals surface area contributed by atoms with E-state index in [1.54, 1.807) is 35.4 Å². The molecule has 2 N–H and O–H groups in total. The quantitative estimate of drug-likeness (QED) is 0.666. The third-order valence-electron chi connectivity index (χ3n) is 2.62. The Morgan fingerprint density at radius 1 is 1.31 bits per heavy atom. The average molecular weight is 214 g/mol. The van der Waals surface area contributed by atoms with Crippen molar-refractivity contribution in [3.8, 4) is 5.75 Å². The molecule has 1 aromatic carbocycles. The van der Waals surface area contributed by atoms with E-state index < -0.39 is 0 Å². The highest BCUT2D eigenvalue weighted by atomic mass is 16.5. The number of anilines is 1. The summed E-state index contributed by atoms with van der Waals surface area (Å²) in [5, 5.41) is 0. The minimum Gasteiger partial charge on any atom is -0.466 e. The van der Waals surface area contributed by atoms with Crippen LogP contribution in [-0.2, 0) is 0 Å². The second-order valence-corrected chi connectivity index (χ2v) is 3.70. The number of nitrogens with two attached hydrogens (primary N) is 1. The number of allylic oxidation sites excluding steroid dienone is 2. The number of ether oxygens (including phenoxy) is 1. The summed E-state index contributed by atoms with van der Waals surface area (Å²) in [6.07, 6.45) is 6.86. The highest BCUT2D eigenvalue weighted by molar-refractivity contribution is 5.99. The molecule has 2 aliphatic heterocycles. The van der Waals surface area contributed by atoms with Gasteiger partial charge < -0.3 is 10.5 Å². The molecule has 0 spiro atoms. The van der Waals surface area contributed by atoms with Gasteiger partial charge >= 0.3 is 0 Å². The van der Waals surface area contributed by atoms with E-state index in [1.807, 2.05) is 12.2 Å². The van der Waals surface area contributed by atoms with Gasteiger partial charge in [0.2, 0.25) is 0 Å². The fourth-order valence-corrected chi connectivity index (χ4v) is 1.85. The number of nitrogens with zero attached hydrogens (tertiary/aromatic N) is 1. The lowest BCUT2D eigenvalue weighted by Crippen LogP contribution is -2.43. The molecule has 0 aliphatic carbocycles. The summed E-state index contributed by atoms with van der Waals surface area (Å²) >= 11 is 0. The average Bonchev–Trinajstić information content (AvgIpc) is 2.31. The number of fused-ring (bicyclic) bond motifs is 2. The second-order valence-electron chi connectivity index (χ2n) is 3.70. The predicted octanol–water partition coefficient (Wildman–Crippen LogP) is 1.51. The van der Waals surface area contributed by atoms with Gasteiger partial charge in [-0.2, -0.15) is 0 Å². The molecular formula is C12H10N2O2. The van der Waals surface area contributed by atoms with Crippen molar-refractivity contribution >= 4 is 11.6 Å². The summed E-state index contributed by atoms with van der Waals surface area (Å²) in [7, 11) is 0. The Labute approximate surface area is 92.6 Å². The normalized spacial score (nSPS) is 21.4. The summed E-state index contributed by atoms with van der Waals surface area (Å²) in [4.78, 5) is 13.7. The highest BCUT2D eigenvalue weighted by Gasteiger charge is 2.31. The summed E-state index contributed by atoms with van der Waals surface area (Å²) in [5.41, 5.74) is 6.73. The predicted molar refractivity (Wildman–Crippen MR) is 59.7 cm³/mol. The molecule has 0 aromatic heterocycles. The fraction of sp³-hybridized carbons (Fsp3) is 0.0833. The van der Waals surface area contributed by atoms with E-state index >= 15 is 0 Å². The van der Waals surface area contributed by atoms with Gasteiger partial charge in [0.25, 0.3) is 5.91 Å². The number of benzene rings is 1. The van der Waals surface area contributed by atoms with Gasteiger partial charge in [-0.15, -0.1) is 0 Å². The smallest absolute Gasteiger partial charge is 0.264 e. The minimum atomic E-state index is -0.339. The Kier molecular flexibility index (Phi) is 1.77. The van der Waals surface area contributed by atoms with Crippen LogP contribution in [0, 0.1) is 0 Å². The monoisotopic (exact) mass is 214 g/mol. The maximum atomic E-state index is 12.1. The van der Waals surface area contributed by atoms with Crippen LogP contribution in [0.1, 0.15) is 10.4 Å². The number of carbonyl (C=O) groups excluding carboxylic acids is 1. The lowest BCUT2D eigenvalue weighted by atomic mass is 10.1. The number of hydrogen-bond donors (Lipinski definition) is 1. The van der Waals surface area contributed by atoms with Crippen LogP contribution < -0.4 is 10.5 Å². The first kappa shape index (κ1) is 9.03. The third-order valence-corrected chi connectivity index (χ3v) is 2.62. The topological polar surface area (TPSA) is 55.6 Å². The van der Waals surface area contributed by atoms with E-state index in [4.69, 9.17) is 10.5 Å². The lowest BCUT2D eigenvalue weighted by Gasteiger charge is -2.34. The van der Waals surface area contributed by atoms with Crippen molar-refractivity contribution in [1.82, 2.24) is 4.90 Å². The first-order valence-corrected chi connectivity index (χ1v) is 4.99. The van der Waals surface area contributed by atoms with Gasteiger partial charge in [0, 0.05) is 11.9 Å². The first-order valence-electron chi connectivity index (χ1n) is 4.99. The van der Waals surface area contributed by atoms with Crippen LogP contribution in [0.3, 0.4) is 0 Å². The Bertz CT molecular complexity index is 520. The summed E-state index contributed by atoms with van der Waals surface area (Å²) in [5.74, 6) is 0.500. The largest absolute Gasteiger partial charge is 0.466 e. The standard InChI is InChI=1S/C12H10N2O2/c13-8-4-5-10-9(7-8)12(15)14-6-2-1-3-11(14)16-10/h1-7,11H,13H2. The molecule has 1 unspecified atom stereocenters.